The first-order valence-corrected chi connectivity index (χ1v) is 5.80. The summed E-state index contributed by atoms with van der Waals surface area (Å²) in [5.41, 5.74) is -0.0987. The van der Waals surface area contributed by atoms with Crippen LogP contribution in [0.3, 0.4) is 0 Å². The van der Waals surface area contributed by atoms with Gasteiger partial charge in [-0.1, -0.05) is 5.92 Å². The predicted octanol–water partition coefficient (Wildman–Crippen LogP) is 0.744. The average molecular weight is 223 g/mol. The first-order valence-electron chi connectivity index (χ1n) is 5.80. The molecule has 1 aliphatic rings. The Bertz CT molecular complexity index is 274. The van der Waals surface area contributed by atoms with Gasteiger partial charge in [0.25, 0.3) is 0 Å². The van der Waals surface area contributed by atoms with E-state index in [0.717, 1.165) is 32.0 Å². The molecule has 0 spiro atoms. The molecule has 1 saturated heterocycles. The summed E-state index contributed by atoms with van der Waals surface area (Å²) in [7, 11) is 0. The Labute approximate surface area is 97.9 Å². The van der Waals surface area contributed by atoms with Gasteiger partial charge in [0.1, 0.15) is 0 Å². The lowest BCUT2D eigenvalue weighted by atomic mass is 10.0. The van der Waals surface area contributed by atoms with Gasteiger partial charge in [-0.05, 0) is 26.7 Å². The maximum atomic E-state index is 5.67. The summed E-state index contributed by atoms with van der Waals surface area (Å²) in [5, 5.41) is 6.21. The fourth-order valence-corrected chi connectivity index (χ4v) is 1.68. The molecule has 0 aliphatic carbocycles. The van der Waals surface area contributed by atoms with Crippen molar-refractivity contribution in [1.29, 1.82) is 0 Å². The van der Waals surface area contributed by atoms with Gasteiger partial charge >= 0.3 is 0 Å². The van der Waals surface area contributed by atoms with Crippen LogP contribution < -0.4 is 10.6 Å². The second kappa shape index (κ2) is 6.39. The van der Waals surface area contributed by atoms with Crippen LogP contribution in [0, 0.1) is 12.3 Å². The Balaban J connectivity index is 2.46. The Morgan fingerprint density at radius 2 is 2.38 bits per heavy atom. The topological polar surface area (TPSA) is 45.7 Å². The zero-order valence-electron chi connectivity index (χ0n) is 10.2. The van der Waals surface area contributed by atoms with Crippen molar-refractivity contribution in [2.24, 2.45) is 4.99 Å². The van der Waals surface area contributed by atoms with Crippen molar-refractivity contribution >= 4 is 5.96 Å². The van der Waals surface area contributed by atoms with E-state index in [0.29, 0.717) is 13.1 Å². The van der Waals surface area contributed by atoms with Crippen molar-refractivity contribution < 1.29 is 4.74 Å². The lowest BCUT2D eigenvalue weighted by Gasteiger charge is -2.21. The minimum atomic E-state index is -0.0987. The summed E-state index contributed by atoms with van der Waals surface area (Å²) in [4.78, 5) is 4.48. The molecule has 16 heavy (non-hydrogen) atoms. The number of ether oxygens (including phenoxy) is 1. The van der Waals surface area contributed by atoms with Crippen LogP contribution in [0.2, 0.25) is 0 Å². The Hall–Kier alpha value is -1.21. The van der Waals surface area contributed by atoms with Gasteiger partial charge in [-0.2, -0.15) is 0 Å². The van der Waals surface area contributed by atoms with Crippen LogP contribution in [0.4, 0.5) is 0 Å². The molecule has 90 valence electrons. The largest absolute Gasteiger partial charge is 0.373 e. The normalized spacial score (nSPS) is 25.2. The molecule has 0 aromatic carbocycles. The molecule has 1 aliphatic heterocycles. The quantitative estimate of drug-likeness (QED) is 0.420. The number of nitrogens with one attached hydrogen (secondary N) is 2. The fraction of sp³-hybridized carbons (Fsp3) is 0.750. The van der Waals surface area contributed by atoms with Crippen LogP contribution in [-0.4, -0.2) is 37.8 Å². The van der Waals surface area contributed by atoms with Gasteiger partial charge in [0.15, 0.2) is 5.96 Å². The molecule has 1 atom stereocenters. The summed E-state index contributed by atoms with van der Waals surface area (Å²) in [5.74, 6) is 3.29. The van der Waals surface area contributed by atoms with Crippen LogP contribution in [-0.2, 0) is 4.74 Å². The summed E-state index contributed by atoms with van der Waals surface area (Å²) in [6.45, 7) is 6.97. The first-order chi connectivity index (χ1) is 7.70. The molecule has 1 unspecified atom stereocenters. The zero-order chi connectivity index (χ0) is 11.9. The molecule has 1 fully saturated rings. The summed E-state index contributed by atoms with van der Waals surface area (Å²) < 4.78 is 5.67. The van der Waals surface area contributed by atoms with Crippen molar-refractivity contribution in [2.45, 2.75) is 32.3 Å². The molecular weight excluding hydrogens is 202 g/mol. The van der Waals surface area contributed by atoms with E-state index < -0.39 is 0 Å². The van der Waals surface area contributed by atoms with Gasteiger partial charge in [-0.25, -0.2) is 0 Å². The van der Waals surface area contributed by atoms with E-state index in [1.807, 2.05) is 6.92 Å². The zero-order valence-corrected chi connectivity index (χ0v) is 10.2. The molecule has 0 bridgehead atoms. The highest BCUT2D eigenvalue weighted by Crippen LogP contribution is 2.24. The van der Waals surface area contributed by atoms with E-state index in [9.17, 15) is 0 Å². The van der Waals surface area contributed by atoms with E-state index >= 15 is 0 Å². The fourth-order valence-electron chi connectivity index (χ4n) is 1.68. The Morgan fingerprint density at radius 3 is 2.94 bits per heavy atom. The second-order valence-electron chi connectivity index (χ2n) is 4.15. The van der Waals surface area contributed by atoms with E-state index in [-0.39, 0.29) is 5.60 Å². The second-order valence-corrected chi connectivity index (χ2v) is 4.15. The van der Waals surface area contributed by atoms with Gasteiger partial charge < -0.3 is 15.4 Å². The van der Waals surface area contributed by atoms with Crippen LogP contribution in [0.5, 0.6) is 0 Å². The summed E-state index contributed by atoms with van der Waals surface area (Å²) in [6.07, 6.45) is 7.40. The molecule has 1 heterocycles. The predicted molar refractivity (Wildman–Crippen MR) is 66.4 cm³/mol. The molecule has 0 aromatic heterocycles. The molecule has 0 aromatic rings. The lowest BCUT2D eigenvalue weighted by molar-refractivity contribution is 0.0283. The van der Waals surface area contributed by atoms with Gasteiger partial charge in [-0.15, -0.1) is 6.42 Å². The third-order valence-electron chi connectivity index (χ3n) is 2.57. The van der Waals surface area contributed by atoms with Crippen LogP contribution in [0.1, 0.15) is 26.7 Å². The van der Waals surface area contributed by atoms with E-state index in [1.54, 1.807) is 0 Å². The van der Waals surface area contributed by atoms with Crippen molar-refractivity contribution in [3.8, 4) is 12.3 Å². The lowest BCUT2D eigenvalue weighted by Crippen LogP contribution is -2.39. The minimum Gasteiger partial charge on any atom is -0.373 e. The number of guanidine groups is 1. The highest BCUT2D eigenvalue weighted by Gasteiger charge is 2.29. The number of terminal acetylenes is 1. The average Bonchev–Trinajstić information content (AvgIpc) is 2.70. The van der Waals surface area contributed by atoms with Gasteiger partial charge in [0.2, 0.25) is 0 Å². The smallest absolute Gasteiger partial charge is 0.192 e. The maximum Gasteiger partial charge on any atom is 0.192 e. The third kappa shape index (κ3) is 4.11. The highest BCUT2D eigenvalue weighted by atomic mass is 16.5. The van der Waals surface area contributed by atoms with E-state index in [4.69, 9.17) is 11.2 Å². The maximum absolute atomic E-state index is 5.67. The highest BCUT2D eigenvalue weighted by molar-refractivity contribution is 5.80. The number of rotatable bonds is 4. The molecule has 4 nitrogen and oxygen atoms in total. The first kappa shape index (κ1) is 12.9. The van der Waals surface area contributed by atoms with Gasteiger partial charge in [0, 0.05) is 13.2 Å². The van der Waals surface area contributed by atoms with Crippen molar-refractivity contribution in [3.63, 3.8) is 0 Å². The van der Waals surface area contributed by atoms with Gasteiger partial charge in [0.05, 0.1) is 18.7 Å². The molecule has 0 saturated carbocycles. The molecule has 2 N–H and O–H groups in total. The molecule has 0 radical (unpaired) electrons. The summed E-state index contributed by atoms with van der Waals surface area (Å²) in [6, 6.07) is 0. The SMILES string of the molecule is C#CCNC(=NCC1(C)CCCO1)NCC. The minimum absolute atomic E-state index is 0.0987. The van der Waals surface area contributed by atoms with Crippen molar-refractivity contribution in [3.05, 3.63) is 0 Å². The summed E-state index contributed by atoms with van der Waals surface area (Å²) >= 11 is 0. The van der Waals surface area contributed by atoms with Crippen LogP contribution >= 0.6 is 0 Å². The van der Waals surface area contributed by atoms with E-state index in [2.05, 4.69) is 28.5 Å². The monoisotopic (exact) mass is 223 g/mol. The molecular formula is C12H21N3O. The molecule has 0 amide bonds. The Morgan fingerprint density at radius 1 is 1.56 bits per heavy atom. The van der Waals surface area contributed by atoms with Crippen LogP contribution in [0.15, 0.2) is 4.99 Å². The van der Waals surface area contributed by atoms with Crippen molar-refractivity contribution in [2.75, 3.05) is 26.2 Å². The number of aliphatic imine (C=N–C) groups is 1. The van der Waals surface area contributed by atoms with E-state index in [1.165, 1.54) is 0 Å². The standard InChI is InChI=1S/C12H21N3O/c1-4-8-14-11(13-5-2)15-10-12(3)7-6-9-16-12/h1H,5-10H2,2-3H3,(H2,13,14,15). The Kier molecular flexibility index (Phi) is 5.13. The number of hydrogen-bond acceptors (Lipinski definition) is 2. The van der Waals surface area contributed by atoms with Crippen molar-refractivity contribution in [1.82, 2.24) is 10.6 Å². The number of hydrogen-bond donors (Lipinski definition) is 2. The molecule has 1 rings (SSSR count). The number of nitrogens with zero attached hydrogens (tertiary/aromatic N) is 1. The van der Waals surface area contributed by atoms with Gasteiger partial charge in [-0.3, -0.25) is 4.99 Å². The third-order valence-corrected chi connectivity index (χ3v) is 2.57. The van der Waals surface area contributed by atoms with Crippen LogP contribution in [0.25, 0.3) is 0 Å². The molecule has 4 heteroatoms.